The summed E-state index contributed by atoms with van der Waals surface area (Å²) in [5, 5.41) is 8.52. The second kappa shape index (κ2) is 9.84. The fraction of sp³-hybridized carbons (Fsp3) is 0.167. The number of hydrogen-bond acceptors (Lipinski definition) is 3. The van der Waals surface area contributed by atoms with Crippen molar-refractivity contribution in [3.8, 4) is 0 Å². The lowest BCUT2D eigenvalue weighted by atomic mass is 9.76. The van der Waals surface area contributed by atoms with E-state index < -0.39 is 5.54 Å². The number of nitrogens with one attached hydrogen (secondary N) is 1. The highest BCUT2D eigenvalue weighted by Gasteiger charge is 2.43. The van der Waals surface area contributed by atoms with Crippen LogP contribution in [0, 0.1) is 5.82 Å². The molecule has 0 saturated heterocycles. The van der Waals surface area contributed by atoms with Gasteiger partial charge in [-0.3, -0.25) is 5.10 Å². The molecule has 0 aliphatic carbocycles. The van der Waals surface area contributed by atoms with Crippen molar-refractivity contribution in [3.63, 3.8) is 0 Å². The Morgan fingerprint density at radius 2 is 1.31 bits per heavy atom. The molecule has 208 valence electrons. The SMILES string of the molecule is CC(C)(C)N1c2ccn(C(c3ccccc3)(c3ccccc3)c3ccccc3)c2N=CC1c1[nH]nc2cc(F)ccc12. The highest BCUT2D eigenvalue weighted by Crippen LogP contribution is 2.50. The number of H-pyrrole nitrogens is 1. The second-order valence-corrected chi connectivity index (χ2v) is 11.8. The maximum Gasteiger partial charge on any atom is 0.157 e. The molecule has 0 saturated carbocycles. The van der Waals surface area contributed by atoms with Gasteiger partial charge < -0.3 is 9.47 Å². The topological polar surface area (TPSA) is 49.2 Å². The second-order valence-electron chi connectivity index (χ2n) is 11.8. The van der Waals surface area contributed by atoms with E-state index in [0.717, 1.165) is 39.3 Å². The zero-order valence-corrected chi connectivity index (χ0v) is 23.9. The normalized spacial score (nSPS) is 15.2. The van der Waals surface area contributed by atoms with Crippen LogP contribution in [-0.4, -0.2) is 26.5 Å². The minimum Gasteiger partial charge on any atom is -0.350 e. The molecule has 1 unspecified atom stereocenters. The van der Waals surface area contributed by atoms with Crippen molar-refractivity contribution in [1.29, 1.82) is 0 Å². The number of aromatic nitrogens is 3. The molecule has 2 aromatic heterocycles. The quantitative estimate of drug-likeness (QED) is 0.218. The third-order valence-electron chi connectivity index (χ3n) is 8.22. The van der Waals surface area contributed by atoms with Crippen LogP contribution in [-0.2, 0) is 5.54 Å². The van der Waals surface area contributed by atoms with E-state index in [-0.39, 0.29) is 17.4 Å². The van der Waals surface area contributed by atoms with Crippen molar-refractivity contribution in [2.45, 2.75) is 37.9 Å². The zero-order chi connectivity index (χ0) is 28.9. The maximum absolute atomic E-state index is 14.0. The summed E-state index contributed by atoms with van der Waals surface area (Å²) >= 11 is 0. The van der Waals surface area contributed by atoms with E-state index in [9.17, 15) is 4.39 Å². The van der Waals surface area contributed by atoms with E-state index in [1.807, 2.05) is 6.21 Å². The van der Waals surface area contributed by atoms with Gasteiger partial charge in [0, 0.05) is 29.4 Å². The molecule has 1 aliphatic rings. The summed E-state index contributed by atoms with van der Waals surface area (Å²) in [7, 11) is 0. The molecular weight excluding hydrogens is 521 g/mol. The third kappa shape index (κ3) is 3.97. The molecule has 0 spiro atoms. The molecule has 0 radical (unpaired) electrons. The lowest BCUT2D eigenvalue weighted by Gasteiger charge is -2.44. The molecule has 6 aromatic rings. The van der Waals surface area contributed by atoms with E-state index in [0.29, 0.717) is 5.52 Å². The van der Waals surface area contributed by atoms with Crippen LogP contribution >= 0.6 is 0 Å². The van der Waals surface area contributed by atoms with Crippen LogP contribution < -0.4 is 4.90 Å². The molecule has 42 heavy (non-hydrogen) atoms. The van der Waals surface area contributed by atoms with Crippen LogP contribution in [0.1, 0.15) is 49.2 Å². The first kappa shape index (κ1) is 26.0. The van der Waals surface area contributed by atoms with Gasteiger partial charge in [-0.1, -0.05) is 91.0 Å². The van der Waals surface area contributed by atoms with Crippen molar-refractivity contribution in [2.24, 2.45) is 4.99 Å². The Bertz CT molecular complexity index is 1790. The zero-order valence-electron chi connectivity index (χ0n) is 23.9. The lowest BCUT2D eigenvalue weighted by molar-refractivity contribution is 0.478. The number of hydrogen-bond donors (Lipinski definition) is 1. The van der Waals surface area contributed by atoms with E-state index in [1.165, 1.54) is 12.1 Å². The van der Waals surface area contributed by atoms with Gasteiger partial charge in [0.05, 0.1) is 16.9 Å². The van der Waals surface area contributed by atoms with E-state index in [4.69, 9.17) is 4.99 Å². The molecule has 1 atom stereocenters. The van der Waals surface area contributed by atoms with Crippen molar-refractivity contribution < 1.29 is 4.39 Å². The van der Waals surface area contributed by atoms with Crippen molar-refractivity contribution in [3.05, 3.63) is 150 Å². The van der Waals surface area contributed by atoms with E-state index >= 15 is 0 Å². The monoisotopic (exact) mass is 553 g/mol. The fourth-order valence-corrected chi connectivity index (χ4v) is 6.53. The largest absolute Gasteiger partial charge is 0.350 e. The van der Waals surface area contributed by atoms with E-state index in [1.54, 1.807) is 6.07 Å². The summed E-state index contributed by atoms with van der Waals surface area (Å²) in [6.07, 6.45) is 4.16. The van der Waals surface area contributed by atoms with Crippen molar-refractivity contribution in [1.82, 2.24) is 14.8 Å². The Morgan fingerprint density at radius 1 is 0.738 bits per heavy atom. The number of rotatable bonds is 5. The van der Waals surface area contributed by atoms with Crippen LogP contribution in [0.4, 0.5) is 15.9 Å². The number of fused-ring (bicyclic) bond motifs is 2. The smallest absolute Gasteiger partial charge is 0.157 e. The molecule has 4 aromatic carbocycles. The van der Waals surface area contributed by atoms with Crippen molar-refractivity contribution >= 4 is 28.6 Å². The molecule has 0 bridgehead atoms. The first-order chi connectivity index (χ1) is 20.4. The number of anilines is 1. The average molecular weight is 554 g/mol. The fourth-order valence-electron chi connectivity index (χ4n) is 6.53. The van der Waals surface area contributed by atoms with Gasteiger partial charge in [-0.2, -0.15) is 5.10 Å². The van der Waals surface area contributed by atoms with Gasteiger partial charge in [0.15, 0.2) is 5.82 Å². The van der Waals surface area contributed by atoms with Gasteiger partial charge in [0.25, 0.3) is 0 Å². The van der Waals surface area contributed by atoms with Crippen LogP contribution in [0.2, 0.25) is 0 Å². The molecule has 1 aliphatic heterocycles. The summed E-state index contributed by atoms with van der Waals surface area (Å²) in [5.74, 6) is 0.566. The highest BCUT2D eigenvalue weighted by molar-refractivity contribution is 5.91. The molecule has 5 nitrogen and oxygen atoms in total. The maximum atomic E-state index is 14.0. The molecule has 7 rings (SSSR count). The van der Waals surface area contributed by atoms with Crippen LogP contribution in [0.5, 0.6) is 0 Å². The number of aliphatic imine (C=N–C) groups is 1. The van der Waals surface area contributed by atoms with Gasteiger partial charge in [-0.25, -0.2) is 9.38 Å². The lowest BCUT2D eigenvalue weighted by Crippen LogP contribution is -2.46. The minimum atomic E-state index is -0.677. The Morgan fingerprint density at radius 3 is 1.86 bits per heavy atom. The predicted octanol–water partition coefficient (Wildman–Crippen LogP) is 8.41. The molecule has 6 heteroatoms. The van der Waals surface area contributed by atoms with Gasteiger partial charge in [0.2, 0.25) is 0 Å². The van der Waals surface area contributed by atoms with Crippen LogP contribution in [0.3, 0.4) is 0 Å². The van der Waals surface area contributed by atoms with E-state index in [2.05, 4.69) is 144 Å². The molecular formula is C36H32FN5. The number of aromatic amines is 1. The molecule has 0 fully saturated rings. The first-order valence-corrected chi connectivity index (χ1v) is 14.2. The minimum absolute atomic E-state index is 0.219. The summed E-state index contributed by atoms with van der Waals surface area (Å²) in [6, 6.07) is 38.6. The van der Waals surface area contributed by atoms with Crippen LogP contribution in [0.25, 0.3) is 10.9 Å². The number of benzene rings is 4. The Balaban J connectivity index is 1.50. The van der Waals surface area contributed by atoms with Crippen LogP contribution in [0.15, 0.2) is 126 Å². The van der Waals surface area contributed by atoms with Crippen molar-refractivity contribution in [2.75, 3.05) is 4.90 Å². The molecule has 0 amide bonds. The van der Waals surface area contributed by atoms with Gasteiger partial charge in [-0.15, -0.1) is 0 Å². The summed E-state index contributed by atoms with van der Waals surface area (Å²) in [6.45, 7) is 6.62. The summed E-state index contributed by atoms with van der Waals surface area (Å²) < 4.78 is 16.3. The highest BCUT2D eigenvalue weighted by atomic mass is 19.1. The standard InChI is InChI=1S/C36H32FN5/c1-35(2,3)42-31-21-22-41(34(31)38-24-32(42)33-29-20-19-28(37)23-30(29)39-40-33)36(25-13-7-4-8-14-25,26-15-9-5-10-16-26)27-17-11-6-12-18-27/h4-24,32H,1-3H3,(H,39,40). The van der Waals surface area contributed by atoms with Gasteiger partial charge in [-0.05, 0) is 55.7 Å². The summed E-state index contributed by atoms with van der Waals surface area (Å²) in [5.41, 5.74) is 4.99. The summed E-state index contributed by atoms with van der Waals surface area (Å²) in [4.78, 5) is 7.58. The first-order valence-electron chi connectivity index (χ1n) is 14.2. The predicted molar refractivity (Wildman–Crippen MR) is 168 cm³/mol. The van der Waals surface area contributed by atoms with Gasteiger partial charge in [0.1, 0.15) is 17.4 Å². The molecule has 3 heterocycles. The Labute approximate surface area is 245 Å². The Hall–Kier alpha value is -4.97. The number of halogens is 1. The van der Waals surface area contributed by atoms with Gasteiger partial charge >= 0.3 is 0 Å². The Kier molecular flexibility index (Phi) is 6.08. The average Bonchev–Trinajstić information content (AvgIpc) is 3.63. The number of nitrogens with zero attached hydrogens (tertiary/aromatic N) is 4. The third-order valence-corrected chi connectivity index (χ3v) is 8.22. The molecule has 1 N–H and O–H groups in total.